The maximum atomic E-state index is 5.89. The molecule has 2 N–H and O–H groups in total. The van der Waals surface area contributed by atoms with Gasteiger partial charge in [-0.25, -0.2) is 4.98 Å². The minimum atomic E-state index is 0.177. The van der Waals surface area contributed by atoms with E-state index < -0.39 is 0 Å². The van der Waals surface area contributed by atoms with Crippen molar-refractivity contribution in [2.45, 2.75) is 39.7 Å². The summed E-state index contributed by atoms with van der Waals surface area (Å²) >= 11 is 1.67. The largest absolute Gasteiger partial charge is 0.325 e. The third kappa shape index (κ3) is 2.39. The Kier molecular flexibility index (Phi) is 3.38. The van der Waals surface area contributed by atoms with E-state index in [-0.39, 0.29) is 5.41 Å². The molecule has 3 aromatic rings. The monoisotopic (exact) mass is 299 g/mol. The summed E-state index contributed by atoms with van der Waals surface area (Å²) in [6, 6.07) is 8.81. The standard InChI is InChI=1S/C17H21N3S/c1-11-14(9-18)20-15(10-21-16(20)19-11)12-5-7-13(8-6-12)17(2,3)4/h5-8,10H,9,18H2,1-4H3. The third-order valence-electron chi connectivity index (χ3n) is 3.90. The van der Waals surface area contributed by atoms with E-state index in [0.29, 0.717) is 6.54 Å². The molecule has 4 heteroatoms. The Morgan fingerprint density at radius 1 is 1.19 bits per heavy atom. The maximum Gasteiger partial charge on any atom is 0.194 e. The van der Waals surface area contributed by atoms with Crippen molar-refractivity contribution in [3.8, 4) is 11.3 Å². The van der Waals surface area contributed by atoms with Crippen LogP contribution >= 0.6 is 11.3 Å². The lowest BCUT2D eigenvalue weighted by molar-refractivity contribution is 0.590. The maximum absolute atomic E-state index is 5.89. The van der Waals surface area contributed by atoms with E-state index >= 15 is 0 Å². The number of rotatable bonds is 2. The lowest BCUT2D eigenvalue weighted by Crippen LogP contribution is -2.10. The van der Waals surface area contributed by atoms with Gasteiger partial charge in [0.05, 0.1) is 17.1 Å². The van der Waals surface area contributed by atoms with Crippen LogP contribution < -0.4 is 5.73 Å². The molecule has 0 unspecified atom stereocenters. The fourth-order valence-electron chi connectivity index (χ4n) is 2.60. The van der Waals surface area contributed by atoms with Crippen LogP contribution in [0.15, 0.2) is 29.6 Å². The molecule has 0 saturated heterocycles. The van der Waals surface area contributed by atoms with E-state index in [1.165, 1.54) is 16.8 Å². The van der Waals surface area contributed by atoms with E-state index in [1.807, 2.05) is 6.92 Å². The van der Waals surface area contributed by atoms with Gasteiger partial charge in [-0.05, 0) is 23.5 Å². The van der Waals surface area contributed by atoms with Gasteiger partial charge in [-0.15, -0.1) is 11.3 Å². The van der Waals surface area contributed by atoms with E-state index in [0.717, 1.165) is 16.3 Å². The quantitative estimate of drug-likeness (QED) is 0.773. The number of imidazole rings is 1. The molecule has 2 heterocycles. The van der Waals surface area contributed by atoms with Crippen LogP contribution in [-0.2, 0) is 12.0 Å². The molecule has 0 aliphatic rings. The SMILES string of the molecule is Cc1nc2scc(-c3ccc(C(C)(C)C)cc3)n2c1CN. The van der Waals surface area contributed by atoms with Gasteiger partial charge >= 0.3 is 0 Å². The average Bonchev–Trinajstić information content (AvgIpc) is 2.95. The van der Waals surface area contributed by atoms with Crippen molar-refractivity contribution in [2.75, 3.05) is 0 Å². The Morgan fingerprint density at radius 3 is 2.43 bits per heavy atom. The molecule has 0 spiro atoms. The van der Waals surface area contributed by atoms with Crippen molar-refractivity contribution in [1.29, 1.82) is 0 Å². The average molecular weight is 299 g/mol. The number of hydrogen-bond acceptors (Lipinski definition) is 3. The summed E-state index contributed by atoms with van der Waals surface area (Å²) in [5.41, 5.74) is 11.9. The van der Waals surface area contributed by atoms with E-state index in [1.54, 1.807) is 11.3 Å². The Balaban J connectivity index is 2.12. The van der Waals surface area contributed by atoms with Gasteiger partial charge in [0.15, 0.2) is 4.96 Å². The summed E-state index contributed by atoms with van der Waals surface area (Å²) in [6.45, 7) is 9.23. The van der Waals surface area contributed by atoms with Crippen LogP contribution in [0.3, 0.4) is 0 Å². The minimum Gasteiger partial charge on any atom is -0.325 e. The van der Waals surface area contributed by atoms with Gasteiger partial charge in [-0.1, -0.05) is 45.0 Å². The topological polar surface area (TPSA) is 43.3 Å². The van der Waals surface area contributed by atoms with Crippen LogP contribution in [0.5, 0.6) is 0 Å². The van der Waals surface area contributed by atoms with Crippen LogP contribution in [0.2, 0.25) is 0 Å². The zero-order valence-corrected chi connectivity index (χ0v) is 13.8. The van der Waals surface area contributed by atoms with Gasteiger partial charge in [0.2, 0.25) is 0 Å². The van der Waals surface area contributed by atoms with Crippen LogP contribution in [0.25, 0.3) is 16.2 Å². The highest BCUT2D eigenvalue weighted by Gasteiger charge is 2.16. The fraction of sp³-hybridized carbons (Fsp3) is 0.353. The van der Waals surface area contributed by atoms with Gasteiger partial charge in [0, 0.05) is 11.9 Å². The minimum absolute atomic E-state index is 0.177. The molecule has 3 nitrogen and oxygen atoms in total. The summed E-state index contributed by atoms with van der Waals surface area (Å²) in [5, 5.41) is 2.16. The number of thiazole rings is 1. The first-order valence-electron chi connectivity index (χ1n) is 7.18. The molecule has 2 aromatic heterocycles. The van der Waals surface area contributed by atoms with Crippen molar-refractivity contribution in [1.82, 2.24) is 9.38 Å². The number of aromatic nitrogens is 2. The van der Waals surface area contributed by atoms with Gasteiger partial charge < -0.3 is 5.73 Å². The fourth-order valence-corrected chi connectivity index (χ4v) is 3.56. The normalized spacial score (nSPS) is 12.2. The third-order valence-corrected chi connectivity index (χ3v) is 4.72. The summed E-state index contributed by atoms with van der Waals surface area (Å²) in [5.74, 6) is 0. The highest BCUT2D eigenvalue weighted by atomic mass is 32.1. The van der Waals surface area contributed by atoms with Crippen LogP contribution in [0.4, 0.5) is 0 Å². The molecule has 0 fully saturated rings. The van der Waals surface area contributed by atoms with Crippen molar-refractivity contribution in [3.05, 3.63) is 46.6 Å². The first-order chi connectivity index (χ1) is 9.91. The molecule has 0 bridgehead atoms. The van der Waals surface area contributed by atoms with Crippen LogP contribution in [-0.4, -0.2) is 9.38 Å². The molecule has 0 radical (unpaired) electrons. The van der Waals surface area contributed by atoms with E-state index in [2.05, 4.69) is 59.8 Å². The molecule has 0 amide bonds. The lowest BCUT2D eigenvalue weighted by atomic mass is 9.86. The lowest BCUT2D eigenvalue weighted by Gasteiger charge is -2.19. The second kappa shape index (κ2) is 4.97. The van der Waals surface area contributed by atoms with Crippen molar-refractivity contribution in [3.63, 3.8) is 0 Å². The molecular weight excluding hydrogens is 278 g/mol. The highest BCUT2D eigenvalue weighted by Crippen LogP contribution is 2.30. The smallest absolute Gasteiger partial charge is 0.194 e. The molecule has 0 saturated carbocycles. The second-order valence-corrected chi connectivity index (χ2v) is 7.25. The summed E-state index contributed by atoms with van der Waals surface area (Å²) in [6.07, 6.45) is 0. The zero-order valence-electron chi connectivity index (χ0n) is 13.0. The number of hydrogen-bond donors (Lipinski definition) is 1. The molecule has 0 aliphatic carbocycles. The summed E-state index contributed by atoms with van der Waals surface area (Å²) in [4.78, 5) is 5.60. The van der Waals surface area contributed by atoms with Crippen LogP contribution in [0.1, 0.15) is 37.7 Å². The summed E-state index contributed by atoms with van der Waals surface area (Å²) < 4.78 is 2.19. The molecule has 1 aromatic carbocycles. The van der Waals surface area contributed by atoms with E-state index in [4.69, 9.17) is 5.73 Å². The van der Waals surface area contributed by atoms with Gasteiger partial charge in [-0.3, -0.25) is 4.40 Å². The Morgan fingerprint density at radius 2 is 1.86 bits per heavy atom. The van der Waals surface area contributed by atoms with Crippen molar-refractivity contribution in [2.24, 2.45) is 5.73 Å². The predicted molar refractivity (Wildman–Crippen MR) is 89.8 cm³/mol. The van der Waals surface area contributed by atoms with Gasteiger partial charge in [0.25, 0.3) is 0 Å². The number of nitrogens with two attached hydrogens (primary N) is 1. The molecule has 21 heavy (non-hydrogen) atoms. The predicted octanol–water partition coefficient (Wildman–Crippen LogP) is 4.13. The van der Waals surface area contributed by atoms with Gasteiger partial charge in [0.1, 0.15) is 0 Å². The van der Waals surface area contributed by atoms with Gasteiger partial charge in [-0.2, -0.15) is 0 Å². The molecule has 110 valence electrons. The molecule has 0 aliphatic heterocycles. The molecular formula is C17H21N3S. The first-order valence-corrected chi connectivity index (χ1v) is 8.06. The zero-order chi connectivity index (χ0) is 15.2. The van der Waals surface area contributed by atoms with Crippen LogP contribution in [0, 0.1) is 6.92 Å². The second-order valence-electron chi connectivity index (χ2n) is 6.41. The summed E-state index contributed by atoms with van der Waals surface area (Å²) in [7, 11) is 0. The van der Waals surface area contributed by atoms with Crippen molar-refractivity contribution >= 4 is 16.3 Å². The number of nitrogens with zero attached hydrogens (tertiary/aromatic N) is 2. The first kappa shape index (κ1) is 14.3. The van der Waals surface area contributed by atoms with E-state index in [9.17, 15) is 0 Å². The number of benzene rings is 1. The van der Waals surface area contributed by atoms with Crippen molar-refractivity contribution < 1.29 is 0 Å². The molecule has 3 rings (SSSR count). The molecule has 0 atom stereocenters. The Bertz CT molecular complexity index is 773. The Hall–Kier alpha value is -1.65. The number of aryl methyl sites for hydroxylation is 1. The Labute approximate surface area is 129 Å². The number of fused-ring (bicyclic) bond motifs is 1. The highest BCUT2D eigenvalue weighted by molar-refractivity contribution is 7.15.